The third kappa shape index (κ3) is 2.64. The van der Waals surface area contributed by atoms with Gasteiger partial charge in [0.15, 0.2) is 0 Å². The van der Waals surface area contributed by atoms with Gasteiger partial charge in [-0.3, -0.25) is 0 Å². The molecule has 0 spiro atoms. The molecule has 1 nitrogen and oxygen atoms in total. The maximum Gasteiger partial charge on any atom is 0.360 e. The quantitative estimate of drug-likeness (QED) is 0.608. The van der Waals surface area contributed by atoms with Crippen LogP contribution in [0, 0.1) is 5.92 Å². The number of hydrogen-bond donors (Lipinski definition) is 0. The minimum absolute atomic E-state index is 0.0298. The molecule has 6 heteroatoms. The van der Waals surface area contributed by atoms with E-state index in [1.54, 1.807) is 6.07 Å². The van der Waals surface area contributed by atoms with E-state index in [0.29, 0.717) is 0 Å². The topological polar surface area (TPSA) is 9.23 Å². The molecule has 100 valence electrons. The van der Waals surface area contributed by atoms with Gasteiger partial charge in [-0.05, 0) is 30.3 Å². The Morgan fingerprint density at radius 2 is 1.78 bits per heavy atom. The first-order valence-electron chi connectivity index (χ1n) is 5.51. The van der Waals surface area contributed by atoms with E-state index in [1.165, 1.54) is 24.3 Å². The van der Waals surface area contributed by atoms with Gasteiger partial charge < -0.3 is 4.74 Å². The molecule has 1 fully saturated rings. The molecule has 0 radical (unpaired) electrons. The summed E-state index contributed by atoms with van der Waals surface area (Å²) < 4.78 is 59.6. The Morgan fingerprint density at radius 3 is 2.33 bits per heavy atom. The molecule has 0 aromatic heterocycles. The van der Waals surface area contributed by atoms with Crippen molar-refractivity contribution in [3.05, 3.63) is 30.3 Å². The zero-order valence-electron chi connectivity index (χ0n) is 9.41. The van der Waals surface area contributed by atoms with Crippen LogP contribution in [0.2, 0.25) is 0 Å². The van der Waals surface area contributed by atoms with Gasteiger partial charge in [0, 0.05) is 11.5 Å². The highest BCUT2D eigenvalue weighted by atomic mass is 32.2. The Kier molecular flexibility index (Phi) is 3.87. The van der Waals surface area contributed by atoms with E-state index in [2.05, 4.69) is 0 Å². The second-order valence-electron chi connectivity index (χ2n) is 4.12. The van der Waals surface area contributed by atoms with Crippen molar-refractivity contribution in [3.63, 3.8) is 0 Å². The van der Waals surface area contributed by atoms with Crippen molar-refractivity contribution in [1.29, 1.82) is 0 Å². The van der Waals surface area contributed by atoms with Crippen LogP contribution in [0.15, 0.2) is 35.2 Å². The van der Waals surface area contributed by atoms with Crippen LogP contribution in [0.3, 0.4) is 0 Å². The summed E-state index contributed by atoms with van der Waals surface area (Å²) in [6.45, 7) is -0.190. The van der Waals surface area contributed by atoms with E-state index in [1.807, 2.05) is 0 Å². The van der Waals surface area contributed by atoms with Crippen molar-refractivity contribution in [3.8, 4) is 0 Å². The monoisotopic (exact) mass is 280 g/mol. The molecule has 1 unspecified atom stereocenters. The minimum Gasteiger partial charge on any atom is -0.381 e. The Labute approximate surface area is 107 Å². The van der Waals surface area contributed by atoms with Crippen LogP contribution >= 0.6 is 11.8 Å². The molecular formula is C12H12F4OS. The molecule has 0 aliphatic carbocycles. The predicted octanol–water partition coefficient (Wildman–Crippen LogP) is 4.04. The molecule has 18 heavy (non-hydrogen) atoms. The van der Waals surface area contributed by atoms with Crippen LogP contribution in [-0.2, 0) is 4.74 Å². The zero-order valence-corrected chi connectivity index (χ0v) is 10.2. The van der Waals surface area contributed by atoms with Crippen LogP contribution in [0.1, 0.15) is 6.42 Å². The predicted molar refractivity (Wildman–Crippen MR) is 61.1 cm³/mol. The average Bonchev–Trinajstić information content (AvgIpc) is 2.83. The van der Waals surface area contributed by atoms with Gasteiger partial charge in [-0.15, -0.1) is 0 Å². The Morgan fingerprint density at radius 1 is 1.11 bits per heavy atom. The summed E-state index contributed by atoms with van der Waals surface area (Å²) in [5, 5.41) is -4.13. The van der Waals surface area contributed by atoms with Gasteiger partial charge >= 0.3 is 11.2 Å². The normalized spacial score (nSPS) is 21.2. The molecule has 1 aliphatic heterocycles. The van der Waals surface area contributed by atoms with Crippen LogP contribution in [0.5, 0.6) is 0 Å². The fourth-order valence-electron chi connectivity index (χ4n) is 1.76. The summed E-state index contributed by atoms with van der Waals surface area (Å²) in [6.07, 6.45) is -0.0298. The molecule has 0 amide bonds. The summed E-state index contributed by atoms with van der Waals surface area (Å²) >= 11 is -0.0992. The molecule has 1 atom stereocenters. The maximum atomic E-state index is 13.7. The standard InChI is InChI=1S/C12H12F4OS/c13-11(14,9-6-7-17-8-9)12(15,16)18-10-4-2-1-3-5-10/h1-5,9H,6-8H2. The molecule has 1 saturated heterocycles. The first-order chi connectivity index (χ1) is 8.43. The Bertz CT molecular complexity index is 390. The number of hydrogen-bond acceptors (Lipinski definition) is 2. The van der Waals surface area contributed by atoms with Gasteiger partial charge in [-0.1, -0.05) is 18.2 Å². The van der Waals surface area contributed by atoms with Gasteiger partial charge in [-0.25, -0.2) is 0 Å². The van der Waals surface area contributed by atoms with Crippen molar-refractivity contribution in [1.82, 2.24) is 0 Å². The van der Waals surface area contributed by atoms with E-state index in [0.717, 1.165) is 0 Å². The fourth-order valence-corrected chi connectivity index (χ4v) is 2.65. The van der Waals surface area contributed by atoms with Crippen LogP contribution in [-0.4, -0.2) is 24.4 Å². The molecule has 0 N–H and O–H groups in total. The maximum absolute atomic E-state index is 13.7. The summed E-state index contributed by atoms with van der Waals surface area (Å²) in [6, 6.07) is 7.50. The highest BCUT2D eigenvalue weighted by Gasteiger charge is 2.62. The highest BCUT2D eigenvalue weighted by molar-refractivity contribution is 8.00. The number of rotatable bonds is 4. The lowest BCUT2D eigenvalue weighted by atomic mass is 10.0. The van der Waals surface area contributed by atoms with Crippen LogP contribution in [0.25, 0.3) is 0 Å². The van der Waals surface area contributed by atoms with Crippen LogP contribution < -0.4 is 0 Å². The minimum atomic E-state index is -4.13. The molecule has 0 bridgehead atoms. The van der Waals surface area contributed by atoms with Gasteiger partial charge in [0.1, 0.15) is 0 Å². The van der Waals surface area contributed by atoms with E-state index in [-0.39, 0.29) is 36.3 Å². The third-order valence-corrected chi connectivity index (χ3v) is 3.86. The van der Waals surface area contributed by atoms with Gasteiger partial charge in [0.05, 0.1) is 12.5 Å². The zero-order chi connectivity index (χ0) is 13.2. The molecule has 2 rings (SSSR count). The molecule has 1 aromatic rings. The van der Waals surface area contributed by atoms with Crippen molar-refractivity contribution < 1.29 is 22.3 Å². The van der Waals surface area contributed by atoms with Crippen LogP contribution in [0.4, 0.5) is 17.6 Å². The van der Waals surface area contributed by atoms with Crippen molar-refractivity contribution >= 4 is 11.8 Å². The molecule has 1 aliphatic rings. The van der Waals surface area contributed by atoms with Crippen molar-refractivity contribution in [2.75, 3.05) is 13.2 Å². The number of thioether (sulfide) groups is 1. The SMILES string of the molecule is FC(F)(Sc1ccccc1)C(F)(F)C1CCOC1. The lowest BCUT2D eigenvalue weighted by molar-refractivity contribution is -0.185. The van der Waals surface area contributed by atoms with E-state index in [9.17, 15) is 17.6 Å². The summed E-state index contributed by atoms with van der Waals surface area (Å²) in [4.78, 5) is 0.126. The fraction of sp³-hybridized carbons (Fsp3) is 0.500. The summed E-state index contributed by atoms with van der Waals surface area (Å²) in [5.74, 6) is -5.48. The Hall–Kier alpha value is -0.750. The lowest BCUT2D eigenvalue weighted by Gasteiger charge is -2.29. The first kappa shape index (κ1) is 13.7. The van der Waals surface area contributed by atoms with Gasteiger partial charge in [-0.2, -0.15) is 17.6 Å². The molecular weight excluding hydrogens is 268 g/mol. The summed E-state index contributed by atoms with van der Waals surface area (Å²) in [5.41, 5.74) is 0. The number of benzene rings is 1. The average molecular weight is 280 g/mol. The van der Waals surface area contributed by atoms with Gasteiger partial charge in [0.2, 0.25) is 0 Å². The summed E-state index contributed by atoms with van der Waals surface area (Å²) in [7, 11) is 0. The second-order valence-corrected chi connectivity index (χ2v) is 5.30. The first-order valence-corrected chi connectivity index (χ1v) is 6.32. The van der Waals surface area contributed by atoms with Gasteiger partial charge in [0.25, 0.3) is 0 Å². The van der Waals surface area contributed by atoms with Crippen molar-refractivity contribution in [2.45, 2.75) is 22.5 Å². The second kappa shape index (κ2) is 5.09. The molecule has 1 aromatic carbocycles. The van der Waals surface area contributed by atoms with E-state index in [4.69, 9.17) is 4.74 Å². The third-order valence-electron chi connectivity index (χ3n) is 2.82. The number of alkyl halides is 4. The Balaban J connectivity index is 2.13. The molecule has 0 saturated carbocycles. The number of halogens is 4. The largest absolute Gasteiger partial charge is 0.381 e. The van der Waals surface area contributed by atoms with E-state index >= 15 is 0 Å². The highest BCUT2D eigenvalue weighted by Crippen LogP contribution is 2.51. The van der Waals surface area contributed by atoms with Crippen molar-refractivity contribution in [2.24, 2.45) is 5.92 Å². The smallest absolute Gasteiger partial charge is 0.360 e. The number of ether oxygens (including phenoxy) is 1. The molecule has 1 heterocycles. The van der Waals surface area contributed by atoms with E-state index < -0.39 is 17.1 Å². The lowest BCUT2D eigenvalue weighted by Crippen LogP contribution is -2.44.